The minimum Gasteiger partial charge on any atom is -0.336 e. The van der Waals surface area contributed by atoms with Crippen LogP contribution in [0.4, 0.5) is 0 Å². The summed E-state index contributed by atoms with van der Waals surface area (Å²) < 4.78 is 0. The summed E-state index contributed by atoms with van der Waals surface area (Å²) in [5.74, 6) is 0.927. The van der Waals surface area contributed by atoms with Crippen LogP contribution in [0.2, 0.25) is 5.02 Å². The predicted octanol–water partition coefficient (Wildman–Crippen LogP) is 2.41. The number of amides is 1. The molecule has 2 saturated heterocycles. The van der Waals surface area contributed by atoms with Gasteiger partial charge in [-0.15, -0.1) is 12.4 Å². The molecule has 2 aliphatic heterocycles. The summed E-state index contributed by atoms with van der Waals surface area (Å²) in [7, 11) is 0. The van der Waals surface area contributed by atoms with E-state index < -0.39 is 0 Å². The van der Waals surface area contributed by atoms with Crippen molar-refractivity contribution in [2.45, 2.75) is 19.4 Å². The van der Waals surface area contributed by atoms with Crippen molar-refractivity contribution in [1.82, 2.24) is 15.1 Å². The van der Waals surface area contributed by atoms with Crippen LogP contribution in [0, 0.1) is 5.92 Å². The first kappa shape index (κ1) is 18.5. The molecule has 128 valence electrons. The Bertz CT molecular complexity index is 520. The van der Waals surface area contributed by atoms with Crippen molar-refractivity contribution in [1.29, 1.82) is 0 Å². The number of carbonyl (C=O) groups is 1. The number of nitrogens with one attached hydrogen (secondary N) is 1. The van der Waals surface area contributed by atoms with Crippen LogP contribution in [0.3, 0.4) is 0 Å². The van der Waals surface area contributed by atoms with E-state index in [1.165, 1.54) is 12.8 Å². The number of hydrogen-bond donors (Lipinski definition) is 1. The maximum atomic E-state index is 12.4. The van der Waals surface area contributed by atoms with E-state index in [4.69, 9.17) is 11.6 Å². The van der Waals surface area contributed by atoms with Crippen molar-refractivity contribution >= 4 is 29.9 Å². The maximum absolute atomic E-state index is 12.4. The Balaban J connectivity index is 0.00000192. The van der Waals surface area contributed by atoms with Crippen molar-refractivity contribution in [3.63, 3.8) is 0 Å². The van der Waals surface area contributed by atoms with E-state index in [1.807, 2.05) is 29.2 Å². The Kier molecular flexibility index (Phi) is 7.15. The Morgan fingerprint density at radius 3 is 2.87 bits per heavy atom. The van der Waals surface area contributed by atoms with Gasteiger partial charge >= 0.3 is 0 Å². The Morgan fingerprint density at radius 1 is 1.30 bits per heavy atom. The number of piperazine rings is 1. The van der Waals surface area contributed by atoms with Crippen LogP contribution in [-0.2, 0) is 11.3 Å². The lowest BCUT2D eigenvalue weighted by Gasteiger charge is -2.37. The van der Waals surface area contributed by atoms with Crippen LogP contribution < -0.4 is 5.32 Å². The van der Waals surface area contributed by atoms with Gasteiger partial charge in [0.05, 0.1) is 6.54 Å². The zero-order chi connectivity index (χ0) is 15.4. The molecule has 3 rings (SSSR count). The van der Waals surface area contributed by atoms with Gasteiger partial charge in [0.25, 0.3) is 0 Å². The SMILES string of the molecule is Cl.O=C1CN(CC2CCCNC2)CCN1Cc1cccc(Cl)c1. The van der Waals surface area contributed by atoms with Crippen LogP contribution in [0.5, 0.6) is 0 Å². The van der Waals surface area contributed by atoms with E-state index in [2.05, 4.69) is 10.2 Å². The van der Waals surface area contributed by atoms with E-state index in [9.17, 15) is 4.79 Å². The van der Waals surface area contributed by atoms with E-state index in [1.54, 1.807) is 0 Å². The van der Waals surface area contributed by atoms with Crippen LogP contribution >= 0.6 is 24.0 Å². The fourth-order valence-corrected chi connectivity index (χ4v) is 3.59. The van der Waals surface area contributed by atoms with Gasteiger partial charge in [0.2, 0.25) is 5.91 Å². The molecule has 1 unspecified atom stereocenters. The normalized spacial score (nSPS) is 22.7. The number of benzene rings is 1. The lowest BCUT2D eigenvalue weighted by atomic mass is 9.99. The van der Waals surface area contributed by atoms with Crippen molar-refractivity contribution in [2.75, 3.05) is 39.3 Å². The quantitative estimate of drug-likeness (QED) is 0.898. The standard InChI is InChI=1S/C17H24ClN3O.ClH/c18-16-5-1-3-14(9-16)12-21-8-7-20(13-17(21)22)11-15-4-2-6-19-10-15;/h1,3,5,9,15,19H,2,4,6-8,10-13H2;1H. The highest BCUT2D eigenvalue weighted by Gasteiger charge is 2.26. The lowest BCUT2D eigenvalue weighted by Crippen LogP contribution is -2.51. The molecule has 1 aromatic carbocycles. The molecular weight excluding hydrogens is 333 g/mol. The van der Waals surface area contributed by atoms with Gasteiger partial charge in [0.1, 0.15) is 0 Å². The summed E-state index contributed by atoms with van der Waals surface area (Å²) in [6.07, 6.45) is 2.54. The molecule has 4 nitrogen and oxygen atoms in total. The van der Waals surface area contributed by atoms with E-state index in [0.717, 1.165) is 43.3 Å². The molecule has 2 heterocycles. The third kappa shape index (κ3) is 5.35. The molecule has 23 heavy (non-hydrogen) atoms. The van der Waals surface area contributed by atoms with Crippen LogP contribution in [0.1, 0.15) is 18.4 Å². The highest BCUT2D eigenvalue weighted by molar-refractivity contribution is 6.30. The van der Waals surface area contributed by atoms with Crippen molar-refractivity contribution < 1.29 is 4.79 Å². The number of carbonyl (C=O) groups excluding carboxylic acids is 1. The van der Waals surface area contributed by atoms with Crippen LogP contribution in [0.25, 0.3) is 0 Å². The maximum Gasteiger partial charge on any atom is 0.237 e. The largest absolute Gasteiger partial charge is 0.336 e. The zero-order valence-corrected chi connectivity index (χ0v) is 14.9. The second-order valence-corrected chi connectivity index (χ2v) is 6.83. The van der Waals surface area contributed by atoms with Crippen LogP contribution in [-0.4, -0.2) is 55.0 Å². The van der Waals surface area contributed by atoms with Gasteiger partial charge < -0.3 is 10.2 Å². The van der Waals surface area contributed by atoms with Crippen molar-refractivity contribution in [3.05, 3.63) is 34.9 Å². The summed E-state index contributed by atoms with van der Waals surface area (Å²) in [4.78, 5) is 16.6. The fraction of sp³-hybridized carbons (Fsp3) is 0.588. The first-order valence-corrected chi connectivity index (χ1v) is 8.54. The van der Waals surface area contributed by atoms with E-state index in [-0.39, 0.29) is 18.3 Å². The molecule has 0 radical (unpaired) electrons. The topological polar surface area (TPSA) is 35.6 Å². The molecule has 1 N–H and O–H groups in total. The molecule has 0 aromatic heterocycles. The molecular formula is C17H25Cl2N3O. The van der Waals surface area contributed by atoms with E-state index >= 15 is 0 Å². The summed E-state index contributed by atoms with van der Waals surface area (Å²) >= 11 is 6.01. The fourth-order valence-electron chi connectivity index (χ4n) is 3.38. The van der Waals surface area contributed by atoms with Gasteiger partial charge in [-0.25, -0.2) is 0 Å². The number of nitrogens with zero attached hydrogens (tertiary/aromatic N) is 2. The number of piperidine rings is 1. The zero-order valence-electron chi connectivity index (χ0n) is 13.3. The average molecular weight is 358 g/mol. The second kappa shape index (κ2) is 8.88. The molecule has 6 heteroatoms. The van der Waals surface area contributed by atoms with Gasteiger partial charge in [0.15, 0.2) is 0 Å². The highest BCUT2D eigenvalue weighted by Crippen LogP contribution is 2.16. The molecule has 0 saturated carbocycles. The van der Waals surface area contributed by atoms with Gasteiger partial charge in [-0.05, 0) is 49.5 Å². The molecule has 1 atom stereocenters. The smallest absolute Gasteiger partial charge is 0.237 e. The minimum atomic E-state index is 0. The van der Waals surface area contributed by atoms with Gasteiger partial charge in [-0.2, -0.15) is 0 Å². The Morgan fingerprint density at radius 2 is 2.17 bits per heavy atom. The third-order valence-electron chi connectivity index (χ3n) is 4.58. The number of halogens is 2. The summed E-state index contributed by atoms with van der Waals surface area (Å²) in [5.41, 5.74) is 1.10. The first-order chi connectivity index (χ1) is 10.7. The van der Waals surface area contributed by atoms with Gasteiger partial charge in [-0.1, -0.05) is 23.7 Å². The molecule has 2 fully saturated rings. The molecule has 0 bridgehead atoms. The highest BCUT2D eigenvalue weighted by atomic mass is 35.5. The summed E-state index contributed by atoms with van der Waals surface area (Å²) in [6.45, 7) is 6.28. The third-order valence-corrected chi connectivity index (χ3v) is 4.81. The van der Waals surface area contributed by atoms with E-state index in [0.29, 0.717) is 19.0 Å². The Labute approximate surface area is 149 Å². The molecule has 1 amide bonds. The van der Waals surface area contributed by atoms with Crippen molar-refractivity contribution in [3.8, 4) is 0 Å². The predicted molar refractivity (Wildman–Crippen MR) is 96.2 cm³/mol. The molecule has 0 aliphatic carbocycles. The average Bonchev–Trinajstić information content (AvgIpc) is 2.51. The van der Waals surface area contributed by atoms with Gasteiger partial charge in [-0.3, -0.25) is 9.69 Å². The van der Waals surface area contributed by atoms with Crippen molar-refractivity contribution in [2.24, 2.45) is 5.92 Å². The Hall–Kier alpha value is -0.810. The number of rotatable bonds is 4. The molecule has 2 aliphatic rings. The minimum absolute atomic E-state index is 0. The van der Waals surface area contributed by atoms with Gasteiger partial charge in [0, 0.05) is 31.2 Å². The monoisotopic (exact) mass is 357 g/mol. The molecule has 0 spiro atoms. The second-order valence-electron chi connectivity index (χ2n) is 6.39. The summed E-state index contributed by atoms with van der Waals surface area (Å²) in [5, 5.41) is 4.18. The number of hydrogen-bond acceptors (Lipinski definition) is 3. The lowest BCUT2D eigenvalue weighted by molar-refractivity contribution is -0.136. The van der Waals surface area contributed by atoms with Crippen LogP contribution in [0.15, 0.2) is 24.3 Å². The summed E-state index contributed by atoms with van der Waals surface area (Å²) in [6, 6.07) is 7.77. The first-order valence-electron chi connectivity index (χ1n) is 8.16. The molecule has 1 aromatic rings.